The van der Waals surface area contributed by atoms with Gasteiger partial charge in [0, 0.05) is 24.8 Å². The van der Waals surface area contributed by atoms with Gasteiger partial charge in [0.15, 0.2) is 0 Å². The molecule has 2 unspecified atom stereocenters. The average Bonchev–Trinajstić information content (AvgIpc) is 2.38. The summed E-state index contributed by atoms with van der Waals surface area (Å²) in [6.07, 6.45) is 7.47. The molecule has 2 aliphatic rings. The van der Waals surface area contributed by atoms with E-state index in [1.54, 1.807) is 0 Å². The third-order valence-corrected chi connectivity index (χ3v) is 4.54. The average molecular weight is 266 g/mol. The zero-order valence-electron chi connectivity index (χ0n) is 10.9. The predicted octanol–water partition coefficient (Wildman–Crippen LogP) is 3.15. The maximum Gasteiger partial charge on any atom is 0.136 e. The molecule has 0 amide bonds. The van der Waals surface area contributed by atoms with Gasteiger partial charge in [-0.15, -0.1) is 11.6 Å². The number of hydrogen-bond donors (Lipinski definition) is 0. The summed E-state index contributed by atoms with van der Waals surface area (Å²) in [7, 11) is 0. The number of nitrogens with zero attached hydrogens (tertiary/aromatic N) is 3. The fourth-order valence-electron chi connectivity index (χ4n) is 3.46. The van der Waals surface area contributed by atoms with E-state index in [1.165, 1.54) is 25.7 Å². The highest BCUT2D eigenvalue weighted by atomic mass is 35.5. The predicted molar refractivity (Wildman–Crippen MR) is 74.0 cm³/mol. The molecular formula is C14H20ClN3. The second-order valence-electron chi connectivity index (χ2n) is 5.70. The maximum absolute atomic E-state index is 6.02. The first kappa shape index (κ1) is 12.2. The van der Waals surface area contributed by atoms with Crippen molar-refractivity contribution < 1.29 is 0 Å². The van der Waals surface area contributed by atoms with Crippen molar-refractivity contribution in [1.82, 2.24) is 9.97 Å². The lowest BCUT2D eigenvalue weighted by atomic mass is 9.78. The summed E-state index contributed by atoms with van der Waals surface area (Å²) in [5.74, 6) is 4.14. The van der Waals surface area contributed by atoms with Crippen LogP contribution in [0.2, 0.25) is 0 Å². The van der Waals surface area contributed by atoms with Crippen LogP contribution in [0.1, 0.15) is 37.1 Å². The Labute approximate surface area is 114 Å². The van der Waals surface area contributed by atoms with Crippen LogP contribution in [0.4, 0.5) is 5.82 Å². The lowest BCUT2D eigenvalue weighted by Gasteiger charge is -2.42. The number of aryl methyl sites for hydroxylation is 1. The van der Waals surface area contributed by atoms with Crippen LogP contribution < -0.4 is 4.90 Å². The summed E-state index contributed by atoms with van der Waals surface area (Å²) in [4.78, 5) is 11.3. The van der Waals surface area contributed by atoms with Gasteiger partial charge < -0.3 is 4.90 Å². The maximum atomic E-state index is 6.02. The topological polar surface area (TPSA) is 29.0 Å². The Morgan fingerprint density at radius 1 is 1.33 bits per heavy atom. The lowest BCUT2D eigenvalue weighted by molar-refractivity contribution is 0.230. The third-order valence-electron chi connectivity index (χ3n) is 4.25. The van der Waals surface area contributed by atoms with Crippen LogP contribution in [0.25, 0.3) is 0 Å². The van der Waals surface area contributed by atoms with E-state index in [9.17, 15) is 0 Å². The summed E-state index contributed by atoms with van der Waals surface area (Å²) < 4.78 is 0. The number of aromatic nitrogens is 2. The van der Waals surface area contributed by atoms with Gasteiger partial charge in [-0.05, 0) is 38.0 Å². The molecule has 0 aromatic carbocycles. The van der Waals surface area contributed by atoms with E-state index in [0.29, 0.717) is 5.88 Å². The van der Waals surface area contributed by atoms with Gasteiger partial charge in [0.2, 0.25) is 0 Å². The first-order chi connectivity index (χ1) is 8.76. The molecule has 1 aliphatic heterocycles. The normalized spacial score (nSPS) is 27.3. The molecule has 2 heterocycles. The van der Waals surface area contributed by atoms with Crippen molar-refractivity contribution in [2.45, 2.75) is 38.5 Å². The third kappa shape index (κ3) is 2.33. The van der Waals surface area contributed by atoms with E-state index < -0.39 is 0 Å². The molecule has 3 nitrogen and oxygen atoms in total. The van der Waals surface area contributed by atoms with Crippen LogP contribution in [0, 0.1) is 18.8 Å². The van der Waals surface area contributed by atoms with E-state index in [4.69, 9.17) is 11.6 Å². The summed E-state index contributed by atoms with van der Waals surface area (Å²) in [5.41, 5.74) is 1.07. The van der Waals surface area contributed by atoms with E-state index in [1.807, 2.05) is 13.1 Å². The van der Waals surface area contributed by atoms with Crippen molar-refractivity contribution >= 4 is 17.4 Å². The molecule has 0 radical (unpaired) electrons. The minimum absolute atomic E-state index is 0.501. The minimum atomic E-state index is 0.501. The lowest BCUT2D eigenvalue weighted by Crippen LogP contribution is -2.43. The van der Waals surface area contributed by atoms with Gasteiger partial charge in [-0.3, -0.25) is 0 Å². The van der Waals surface area contributed by atoms with Crippen molar-refractivity contribution in [1.29, 1.82) is 0 Å². The van der Waals surface area contributed by atoms with Gasteiger partial charge in [-0.25, -0.2) is 9.97 Å². The van der Waals surface area contributed by atoms with Crippen LogP contribution in [0.5, 0.6) is 0 Å². The monoisotopic (exact) mass is 265 g/mol. The van der Waals surface area contributed by atoms with Gasteiger partial charge in [0.25, 0.3) is 0 Å². The molecule has 1 aliphatic carbocycles. The molecule has 1 aromatic heterocycles. The first-order valence-electron chi connectivity index (χ1n) is 6.89. The molecule has 18 heavy (non-hydrogen) atoms. The van der Waals surface area contributed by atoms with Crippen LogP contribution in [0.15, 0.2) is 6.20 Å². The summed E-state index contributed by atoms with van der Waals surface area (Å²) in [5, 5.41) is 0. The van der Waals surface area contributed by atoms with Crippen LogP contribution in [-0.2, 0) is 5.88 Å². The van der Waals surface area contributed by atoms with E-state index in [2.05, 4.69) is 14.9 Å². The molecule has 1 aromatic rings. The molecule has 1 saturated carbocycles. The molecule has 98 valence electrons. The largest absolute Gasteiger partial charge is 0.356 e. The molecule has 0 N–H and O–H groups in total. The Bertz CT molecular complexity index is 423. The standard InChI is InChI=1S/C14H20ClN3/c1-10-16-7-13(6-15)14(17-10)18-8-11-3-2-4-12(5-11)9-18/h7,11-12H,2-6,8-9H2,1H3. The Morgan fingerprint density at radius 2 is 2.06 bits per heavy atom. The smallest absolute Gasteiger partial charge is 0.136 e. The Balaban J connectivity index is 1.87. The van der Waals surface area contributed by atoms with Crippen molar-refractivity contribution in [3.05, 3.63) is 17.6 Å². The highest BCUT2D eigenvalue weighted by Gasteiger charge is 2.31. The molecule has 4 heteroatoms. The molecule has 3 rings (SSSR count). The van der Waals surface area contributed by atoms with Gasteiger partial charge in [-0.2, -0.15) is 0 Å². The van der Waals surface area contributed by atoms with Gasteiger partial charge in [0.05, 0.1) is 5.88 Å². The van der Waals surface area contributed by atoms with Crippen molar-refractivity contribution in [2.24, 2.45) is 11.8 Å². The quantitative estimate of drug-likeness (QED) is 0.770. The van der Waals surface area contributed by atoms with E-state index >= 15 is 0 Å². The summed E-state index contributed by atoms with van der Waals surface area (Å²) in [6.45, 7) is 4.25. The fourth-order valence-corrected chi connectivity index (χ4v) is 3.64. The molecular weight excluding hydrogens is 246 g/mol. The minimum Gasteiger partial charge on any atom is -0.356 e. The summed E-state index contributed by atoms with van der Waals surface area (Å²) in [6, 6.07) is 0. The first-order valence-corrected chi connectivity index (χ1v) is 7.43. The van der Waals surface area contributed by atoms with Crippen LogP contribution in [0.3, 0.4) is 0 Å². The van der Waals surface area contributed by atoms with Crippen molar-refractivity contribution in [2.75, 3.05) is 18.0 Å². The second kappa shape index (κ2) is 5.04. The highest BCUT2D eigenvalue weighted by Crippen LogP contribution is 2.36. The van der Waals surface area contributed by atoms with Crippen LogP contribution >= 0.6 is 11.6 Å². The number of piperidine rings is 1. The molecule has 2 atom stereocenters. The zero-order chi connectivity index (χ0) is 12.5. The second-order valence-corrected chi connectivity index (χ2v) is 5.97. The highest BCUT2D eigenvalue weighted by molar-refractivity contribution is 6.17. The number of halogens is 1. The van der Waals surface area contributed by atoms with Crippen molar-refractivity contribution in [3.8, 4) is 0 Å². The van der Waals surface area contributed by atoms with Crippen molar-refractivity contribution in [3.63, 3.8) is 0 Å². The number of alkyl halides is 1. The Morgan fingerprint density at radius 3 is 2.72 bits per heavy atom. The van der Waals surface area contributed by atoms with Gasteiger partial charge in [-0.1, -0.05) is 6.42 Å². The Kier molecular flexibility index (Phi) is 3.42. The molecule has 2 bridgehead atoms. The molecule has 2 fully saturated rings. The van der Waals surface area contributed by atoms with E-state index in [0.717, 1.165) is 42.1 Å². The summed E-state index contributed by atoms with van der Waals surface area (Å²) >= 11 is 6.02. The number of fused-ring (bicyclic) bond motifs is 2. The molecule has 1 saturated heterocycles. The zero-order valence-corrected chi connectivity index (χ0v) is 11.7. The number of rotatable bonds is 2. The van der Waals surface area contributed by atoms with Gasteiger partial charge >= 0.3 is 0 Å². The van der Waals surface area contributed by atoms with Crippen LogP contribution in [-0.4, -0.2) is 23.1 Å². The Hall–Kier alpha value is -0.830. The molecule has 0 spiro atoms. The number of anilines is 1. The van der Waals surface area contributed by atoms with Gasteiger partial charge in [0.1, 0.15) is 11.6 Å². The SMILES string of the molecule is Cc1ncc(CCl)c(N2CC3CCCC(C3)C2)n1. The fraction of sp³-hybridized carbons (Fsp3) is 0.714. The van der Waals surface area contributed by atoms with E-state index in [-0.39, 0.29) is 0 Å². The number of hydrogen-bond acceptors (Lipinski definition) is 3.